The molecule has 0 aromatic heterocycles. The van der Waals surface area contributed by atoms with Crippen LogP contribution in [0.5, 0.6) is 0 Å². The fourth-order valence-corrected chi connectivity index (χ4v) is 4.99. The molecule has 1 heteroatoms. The molecule has 0 amide bonds. The average molecular weight is 364 g/mol. The van der Waals surface area contributed by atoms with Crippen LogP contribution < -0.4 is 5.73 Å². The molecule has 28 heavy (non-hydrogen) atoms. The maximum atomic E-state index is 6.15. The van der Waals surface area contributed by atoms with Crippen molar-refractivity contribution in [2.75, 3.05) is 5.73 Å². The second-order valence-corrected chi connectivity index (χ2v) is 8.70. The maximum absolute atomic E-state index is 6.15. The van der Waals surface area contributed by atoms with E-state index in [1.54, 1.807) is 0 Å². The third kappa shape index (κ3) is 2.32. The maximum Gasteiger partial charge on any atom is 0.0317 e. The molecule has 0 saturated carbocycles. The molecule has 0 heterocycles. The Bertz CT molecular complexity index is 1240. The first-order valence-electron chi connectivity index (χ1n) is 9.91. The van der Waals surface area contributed by atoms with Crippen LogP contribution in [-0.4, -0.2) is 0 Å². The van der Waals surface area contributed by atoms with Crippen molar-refractivity contribution in [3.05, 3.63) is 89.0 Å². The molecule has 1 nitrogen and oxygen atoms in total. The average Bonchev–Trinajstić information content (AvgIpc) is 2.87. The zero-order valence-electron chi connectivity index (χ0n) is 16.9. The van der Waals surface area contributed by atoms with Gasteiger partial charge in [-0.3, -0.25) is 0 Å². The lowest BCUT2D eigenvalue weighted by Crippen LogP contribution is -2.15. The van der Waals surface area contributed by atoms with Gasteiger partial charge >= 0.3 is 0 Å². The third-order valence-electron chi connectivity index (χ3n) is 6.24. The quantitative estimate of drug-likeness (QED) is 0.362. The van der Waals surface area contributed by atoms with Gasteiger partial charge in [-0.15, -0.1) is 0 Å². The van der Waals surface area contributed by atoms with Crippen LogP contribution in [0.2, 0.25) is 0 Å². The summed E-state index contributed by atoms with van der Waals surface area (Å²) in [5, 5.41) is 2.64. The second kappa shape index (κ2) is 5.72. The summed E-state index contributed by atoms with van der Waals surface area (Å²) < 4.78 is 0. The molecule has 4 aromatic rings. The Labute approximate surface area is 166 Å². The van der Waals surface area contributed by atoms with Crippen LogP contribution in [0.1, 0.15) is 36.1 Å². The highest BCUT2D eigenvalue weighted by atomic mass is 14.6. The molecule has 0 atom stereocenters. The molecule has 2 N–H and O–H groups in total. The summed E-state index contributed by atoms with van der Waals surface area (Å²) >= 11 is 0. The molecule has 0 radical (unpaired) electrons. The van der Waals surface area contributed by atoms with Crippen molar-refractivity contribution < 1.29 is 0 Å². The van der Waals surface area contributed by atoms with Gasteiger partial charge < -0.3 is 5.73 Å². The zero-order valence-corrected chi connectivity index (χ0v) is 16.9. The van der Waals surface area contributed by atoms with E-state index in [-0.39, 0.29) is 5.41 Å². The van der Waals surface area contributed by atoms with E-state index in [1.165, 1.54) is 55.3 Å². The Morgan fingerprint density at radius 1 is 0.714 bits per heavy atom. The standard InChI is InChI=1S/C27H25N/c1-16-12-17(2)14-19(13-16)21-7-5-6-18-8-11-23-26(25(18)21)22-10-9-20(28)15-24(22)27(23,3)4/h5-15H,28H2,1-4H3. The summed E-state index contributed by atoms with van der Waals surface area (Å²) in [5.41, 5.74) is 17.5. The normalized spacial score (nSPS) is 14.1. The Hall–Kier alpha value is -3.06. The van der Waals surface area contributed by atoms with Crippen molar-refractivity contribution in [1.29, 1.82) is 0 Å². The highest BCUT2D eigenvalue weighted by Gasteiger charge is 2.36. The molecule has 1 aliphatic rings. The van der Waals surface area contributed by atoms with Crippen LogP contribution in [0.3, 0.4) is 0 Å². The van der Waals surface area contributed by atoms with E-state index in [2.05, 4.69) is 88.4 Å². The molecule has 0 fully saturated rings. The lowest BCUT2D eigenvalue weighted by Gasteiger charge is -2.22. The van der Waals surface area contributed by atoms with Crippen molar-refractivity contribution in [2.45, 2.75) is 33.1 Å². The number of hydrogen-bond acceptors (Lipinski definition) is 1. The van der Waals surface area contributed by atoms with Crippen molar-refractivity contribution >= 4 is 16.5 Å². The van der Waals surface area contributed by atoms with Crippen molar-refractivity contribution in [3.8, 4) is 22.3 Å². The second-order valence-electron chi connectivity index (χ2n) is 8.70. The van der Waals surface area contributed by atoms with E-state index in [1.807, 2.05) is 6.07 Å². The fraction of sp³-hybridized carbons (Fsp3) is 0.185. The molecule has 0 aliphatic heterocycles. The summed E-state index contributed by atoms with van der Waals surface area (Å²) in [4.78, 5) is 0. The van der Waals surface area contributed by atoms with Gasteiger partial charge in [0.2, 0.25) is 0 Å². The van der Waals surface area contributed by atoms with Crippen molar-refractivity contribution in [2.24, 2.45) is 0 Å². The van der Waals surface area contributed by atoms with Gasteiger partial charge in [-0.1, -0.05) is 79.6 Å². The fourth-order valence-electron chi connectivity index (χ4n) is 4.99. The van der Waals surface area contributed by atoms with Crippen LogP contribution >= 0.6 is 0 Å². The summed E-state index contributed by atoms with van der Waals surface area (Å²) in [6, 6.07) is 24.5. The summed E-state index contributed by atoms with van der Waals surface area (Å²) in [5.74, 6) is 0. The van der Waals surface area contributed by atoms with E-state index in [4.69, 9.17) is 5.73 Å². The Morgan fingerprint density at radius 2 is 1.46 bits per heavy atom. The van der Waals surface area contributed by atoms with Crippen LogP contribution in [-0.2, 0) is 5.41 Å². The van der Waals surface area contributed by atoms with Gasteiger partial charge in [0.15, 0.2) is 0 Å². The monoisotopic (exact) mass is 363 g/mol. The molecule has 0 bridgehead atoms. The van der Waals surface area contributed by atoms with E-state index >= 15 is 0 Å². The molecule has 138 valence electrons. The van der Waals surface area contributed by atoms with Gasteiger partial charge in [0.05, 0.1) is 0 Å². The number of aryl methyl sites for hydroxylation is 2. The van der Waals surface area contributed by atoms with Gasteiger partial charge in [0, 0.05) is 11.1 Å². The van der Waals surface area contributed by atoms with E-state index < -0.39 is 0 Å². The van der Waals surface area contributed by atoms with Gasteiger partial charge in [0.25, 0.3) is 0 Å². The molecule has 5 rings (SSSR count). The smallest absolute Gasteiger partial charge is 0.0317 e. The third-order valence-corrected chi connectivity index (χ3v) is 6.24. The minimum Gasteiger partial charge on any atom is -0.399 e. The number of fused-ring (bicyclic) bond motifs is 5. The Balaban J connectivity index is 1.93. The van der Waals surface area contributed by atoms with Crippen molar-refractivity contribution in [3.63, 3.8) is 0 Å². The lowest BCUT2D eigenvalue weighted by molar-refractivity contribution is 0.661. The van der Waals surface area contributed by atoms with Gasteiger partial charge in [-0.2, -0.15) is 0 Å². The summed E-state index contributed by atoms with van der Waals surface area (Å²) in [6.07, 6.45) is 0. The number of anilines is 1. The predicted molar refractivity (Wildman–Crippen MR) is 121 cm³/mol. The van der Waals surface area contributed by atoms with E-state index in [0.717, 1.165) is 5.69 Å². The van der Waals surface area contributed by atoms with E-state index in [9.17, 15) is 0 Å². The first kappa shape index (κ1) is 17.1. The van der Waals surface area contributed by atoms with Gasteiger partial charge in [-0.05, 0) is 70.1 Å². The summed E-state index contributed by atoms with van der Waals surface area (Å²) in [6.45, 7) is 8.96. The minimum atomic E-state index is -0.0517. The van der Waals surface area contributed by atoms with Crippen LogP contribution in [0, 0.1) is 13.8 Å². The van der Waals surface area contributed by atoms with Crippen LogP contribution in [0.25, 0.3) is 33.0 Å². The number of nitrogens with two attached hydrogens (primary N) is 1. The first-order chi connectivity index (χ1) is 13.4. The molecule has 0 saturated heterocycles. The Kier molecular flexibility index (Phi) is 3.49. The molecular formula is C27H25N. The SMILES string of the molecule is Cc1cc(C)cc(-c2cccc3ccc4c(c23)-c2ccc(N)cc2C4(C)C)c1. The highest BCUT2D eigenvalue weighted by Crippen LogP contribution is 2.53. The first-order valence-corrected chi connectivity index (χ1v) is 9.91. The number of benzene rings is 4. The van der Waals surface area contributed by atoms with Crippen LogP contribution in [0.15, 0.2) is 66.7 Å². The zero-order chi connectivity index (χ0) is 19.6. The van der Waals surface area contributed by atoms with Gasteiger partial charge in [0.1, 0.15) is 0 Å². The number of hydrogen-bond donors (Lipinski definition) is 1. The van der Waals surface area contributed by atoms with Crippen molar-refractivity contribution in [1.82, 2.24) is 0 Å². The highest BCUT2D eigenvalue weighted by molar-refractivity contribution is 6.10. The number of rotatable bonds is 1. The summed E-state index contributed by atoms with van der Waals surface area (Å²) in [7, 11) is 0. The van der Waals surface area contributed by atoms with E-state index in [0.29, 0.717) is 0 Å². The molecular weight excluding hydrogens is 338 g/mol. The van der Waals surface area contributed by atoms with Crippen LogP contribution in [0.4, 0.5) is 5.69 Å². The molecule has 0 spiro atoms. The molecule has 1 aliphatic carbocycles. The number of nitrogen functional groups attached to an aromatic ring is 1. The molecule has 4 aromatic carbocycles. The topological polar surface area (TPSA) is 26.0 Å². The van der Waals surface area contributed by atoms with Gasteiger partial charge in [-0.25, -0.2) is 0 Å². The predicted octanol–water partition coefficient (Wildman–Crippen LogP) is 7.01. The minimum absolute atomic E-state index is 0.0517. The molecule has 0 unspecified atom stereocenters. The largest absolute Gasteiger partial charge is 0.399 e. The lowest BCUT2D eigenvalue weighted by atomic mass is 9.81. The Morgan fingerprint density at radius 3 is 2.21 bits per heavy atom.